The average molecular weight is 381 g/mol. The van der Waals surface area contributed by atoms with Crippen LogP contribution in [0.15, 0.2) is 30.3 Å². The van der Waals surface area contributed by atoms with Gasteiger partial charge in [0.1, 0.15) is 6.04 Å². The van der Waals surface area contributed by atoms with E-state index in [4.69, 9.17) is 9.26 Å². The molecule has 5 nitrogen and oxygen atoms in total. The van der Waals surface area contributed by atoms with Gasteiger partial charge in [-0.1, -0.05) is 45.4 Å². The van der Waals surface area contributed by atoms with E-state index in [-0.39, 0.29) is 6.10 Å². The van der Waals surface area contributed by atoms with Gasteiger partial charge in [-0.2, -0.15) is 0 Å². The lowest BCUT2D eigenvalue weighted by molar-refractivity contribution is -0.142. The first kappa shape index (κ1) is 21.1. The first-order valence-electron chi connectivity index (χ1n) is 9.46. The maximum absolute atomic E-state index is 13.8. The van der Waals surface area contributed by atoms with Gasteiger partial charge in [-0.05, 0) is 49.7 Å². The third kappa shape index (κ3) is 5.18. The van der Waals surface area contributed by atoms with E-state index in [0.717, 1.165) is 12.8 Å². The Hall–Kier alpha value is -1.16. The van der Waals surface area contributed by atoms with E-state index < -0.39 is 19.5 Å². The molecule has 1 aliphatic carbocycles. The van der Waals surface area contributed by atoms with E-state index in [1.165, 1.54) is 13.5 Å². The number of esters is 1. The second-order valence-corrected chi connectivity index (χ2v) is 9.82. The van der Waals surface area contributed by atoms with E-state index in [1.54, 1.807) is 19.1 Å². The molecular weight excluding hydrogens is 349 g/mol. The number of nitrogens with one attached hydrogen (secondary N) is 1. The number of ether oxygens (including phenoxy) is 1. The summed E-state index contributed by atoms with van der Waals surface area (Å²) in [5.41, 5.74) is 0. The second kappa shape index (κ2) is 9.16. The van der Waals surface area contributed by atoms with Crippen molar-refractivity contribution >= 4 is 18.8 Å². The lowest BCUT2D eigenvalue weighted by Crippen LogP contribution is -2.40. The van der Waals surface area contributed by atoms with Crippen LogP contribution in [0.4, 0.5) is 0 Å². The van der Waals surface area contributed by atoms with Gasteiger partial charge in [0, 0.05) is 0 Å². The summed E-state index contributed by atoms with van der Waals surface area (Å²) >= 11 is 0. The van der Waals surface area contributed by atoms with Gasteiger partial charge in [0.05, 0.1) is 18.5 Å². The smallest absolute Gasteiger partial charge is 0.323 e. The molecule has 1 aromatic carbocycles. The molecule has 0 aliphatic heterocycles. The number of carbonyl (C=O) groups excluding carboxylic acids is 1. The highest BCUT2D eigenvalue weighted by Crippen LogP contribution is 2.48. The quantitative estimate of drug-likeness (QED) is 0.568. The van der Waals surface area contributed by atoms with Crippen LogP contribution in [0.5, 0.6) is 0 Å². The monoisotopic (exact) mass is 381 g/mol. The second-order valence-electron chi connectivity index (χ2n) is 7.73. The zero-order chi connectivity index (χ0) is 19.3. The molecule has 0 saturated heterocycles. The van der Waals surface area contributed by atoms with Gasteiger partial charge in [-0.3, -0.25) is 9.36 Å². The Morgan fingerprint density at radius 2 is 1.85 bits per heavy atom. The zero-order valence-electron chi connectivity index (χ0n) is 16.5. The molecule has 1 fully saturated rings. The predicted octanol–water partition coefficient (Wildman–Crippen LogP) is 4.13. The van der Waals surface area contributed by atoms with Crippen molar-refractivity contribution in [2.24, 2.45) is 17.8 Å². The van der Waals surface area contributed by atoms with Crippen molar-refractivity contribution in [2.45, 2.75) is 59.1 Å². The topological polar surface area (TPSA) is 64.6 Å². The van der Waals surface area contributed by atoms with Crippen LogP contribution in [0.3, 0.4) is 0 Å². The van der Waals surface area contributed by atoms with Gasteiger partial charge in [0.15, 0.2) is 0 Å². The first-order chi connectivity index (χ1) is 12.3. The highest BCUT2D eigenvalue weighted by atomic mass is 31.2. The van der Waals surface area contributed by atoms with E-state index in [0.29, 0.717) is 23.1 Å². The van der Waals surface area contributed by atoms with Crippen LogP contribution >= 0.6 is 7.52 Å². The molecule has 0 bridgehead atoms. The third-order valence-electron chi connectivity index (χ3n) is 5.26. The van der Waals surface area contributed by atoms with Crippen molar-refractivity contribution in [2.75, 3.05) is 7.11 Å². The SMILES string of the molecule is COC(=O)C(C)N[P@](=O)(O[C@@H]1C[C@H](C)CC[C@H]1C(C)C)c1ccccc1. The minimum atomic E-state index is -3.42. The summed E-state index contributed by atoms with van der Waals surface area (Å²) in [6.07, 6.45) is 3.03. The molecule has 1 N–H and O–H groups in total. The number of rotatable bonds is 7. The van der Waals surface area contributed by atoms with Crippen molar-refractivity contribution in [3.8, 4) is 0 Å². The normalized spacial score (nSPS) is 26.9. The zero-order valence-corrected chi connectivity index (χ0v) is 17.4. The Balaban J connectivity index is 2.31. The van der Waals surface area contributed by atoms with Gasteiger partial charge in [-0.25, -0.2) is 5.09 Å². The molecule has 6 heteroatoms. The minimum Gasteiger partial charge on any atom is -0.468 e. The standard InChI is InChI=1S/C20H32NO4P/c1-14(2)18-12-11-15(3)13-19(18)25-26(23,17-9-7-6-8-10-17)21-16(4)20(22)24-5/h6-10,14-16,18-19H,11-13H2,1-5H3,(H,21,23)/t15-,16?,18+,19-,26-/m1/s1. The minimum absolute atomic E-state index is 0.0952. The van der Waals surface area contributed by atoms with E-state index >= 15 is 0 Å². The maximum Gasteiger partial charge on any atom is 0.323 e. The van der Waals surface area contributed by atoms with Gasteiger partial charge < -0.3 is 9.26 Å². The fourth-order valence-corrected chi connectivity index (χ4v) is 5.84. The number of carbonyl (C=O) groups is 1. The van der Waals surface area contributed by atoms with Crippen LogP contribution in [0.1, 0.15) is 47.0 Å². The van der Waals surface area contributed by atoms with Gasteiger partial charge in [0.2, 0.25) is 0 Å². The largest absolute Gasteiger partial charge is 0.468 e. The summed E-state index contributed by atoms with van der Waals surface area (Å²) in [6, 6.07) is 8.39. The van der Waals surface area contributed by atoms with Gasteiger partial charge in [-0.15, -0.1) is 0 Å². The summed E-state index contributed by atoms with van der Waals surface area (Å²) in [4.78, 5) is 11.9. The molecule has 0 radical (unpaired) electrons. The maximum atomic E-state index is 13.8. The van der Waals surface area contributed by atoms with Gasteiger partial charge >= 0.3 is 13.5 Å². The molecule has 0 amide bonds. The fourth-order valence-electron chi connectivity index (χ4n) is 3.70. The molecule has 0 aromatic heterocycles. The highest BCUT2D eigenvalue weighted by Gasteiger charge is 2.39. The summed E-state index contributed by atoms with van der Waals surface area (Å²) in [6.45, 7) is 8.24. The van der Waals surface area contributed by atoms with Crippen LogP contribution in [-0.2, 0) is 18.6 Å². The van der Waals surface area contributed by atoms with Crippen molar-refractivity contribution < 1.29 is 18.6 Å². The molecule has 26 heavy (non-hydrogen) atoms. The number of hydrogen-bond donors (Lipinski definition) is 1. The lowest BCUT2D eigenvalue weighted by atomic mass is 9.75. The molecule has 1 aromatic rings. The first-order valence-corrected chi connectivity index (χ1v) is 11.1. The summed E-state index contributed by atoms with van der Waals surface area (Å²) in [5.74, 6) is 0.896. The highest BCUT2D eigenvalue weighted by molar-refractivity contribution is 7.65. The van der Waals surface area contributed by atoms with Crippen molar-refractivity contribution in [1.82, 2.24) is 5.09 Å². The Bertz CT molecular complexity index is 634. The molecule has 1 unspecified atom stereocenters. The van der Waals surface area contributed by atoms with Crippen LogP contribution in [0, 0.1) is 17.8 Å². The van der Waals surface area contributed by atoms with Crippen LogP contribution in [0.2, 0.25) is 0 Å². The Kier molecular flexibility index (Phi) is 7.45. The predicted molar refractivity (Wildman–Crippen MR) is 105 cm³/mol. The molecule has 2 rings (SSSR count). The van der Waals surface area contributed by atoms with E-state index in [9.17, 15) is 9.36 Å². The Morgan fingerprint density at radius 1 is 1.19 bits per heavy atom. The van der Waals surface area contributed by atoms with E-state index in [1.807, 2.05) is 18.2 Å². The fraction of sp³-hybridized carbons (Fsp3) is 0.650. The summed E-state index contributed by atoms with van der Waals surface area (Å²) < 4.78 is 24.9. The lowest BCUT2D eigenvalue weighted by Gasteiger charge is -2.39. The molecule has 0 spiro atoms. The summed E-state index contributed by atoms with van der Waals surface area (Å²) in [7, 11) is -2.09. The summed E-state index contributed by atoms with van der Waals surface area (Å²) in [5, 5.41) is 3.52. The van der Waals surface area contributed by atoms with Crippen LogP contribution in [0.25, 0.3) is 0 Å². The number of hydrogen-bond acceptors (Lipinski definition) is 4. The third-order valence-corrected chi connectivity index (χ3v) is 7.53. The number of methoxy groups -OCH3 is 1. The molecule has 1 aliphatic rings. The Morgan fingerprint density at radius 3 is 2.42 bits per heavy atom. The number of benzene rings is 1. The average Bonchev–Trinajstić information content (AvgIpc) is 2.61. The van der Waals surface area contributed by atoms with Crippen molar-refractivity contribution in [3.05, 3.63) is 30.3 Å². The Labute approximate surface area is 157 Å². The molecule has 5 atom stereocenters. The molecular formula is C20H32NO4P. The van der Waals surface area contributed by atoms with Crippen LogP contribution in [-0.4, -0.2) is 25.2 Å². The van der Waals surface area contributed by atoms with E-state index in [2.05, 4.69) is 25.9 Å². The van der Waals surface area contributed by atoms with Crippen molar-refractivity contribution in [1.29, 1.82) is 0 Å². The van der Waals surface area contributed by atoms with Gasteiger partial charge in [0.25, 0.3) is 0 Å². The molecule has 146 valence electrons. The van der Waals surface area contributed by atoms with Crippen molar-refractivity contribution in [3.63, 3.8) is 0 Å². The van der Waals surface area contributed by atoms with Crippen LogP contribution < -0.4 is 10.4 Å². The molecule has 1 saturated carbocycles. The molecule has 0 heterocycles.